The minimum absolute atomic E-state index is 0.235. The van der Waals surface area contributed by atoms with E-state index in [2.05, 4.69) is 0 Å². The van der Waals surface area contributed by atoms with E-state index in [1.54, 1.807) is 0 Å². The van der Waals surface area contributed by atoms with Gasteiger partial charge in [0.15, 0.2) is 6.17 Å². The van der Waals surface area contributed by atoms with Crippen LogP contribution in [-0.2, 0) is 0 Å². The summed E-state index contributed by atoms with van der Waals surface area (Å²) in [7, 11) is 0. The molecule has 0 aliphatic carbocycles. The average molecular weight is 222 g/mol. The maximum Gasteiger partial charge on any atom is 0.343 e. The molecule has 0 aliphatic heterocycles. The van der Waals surface area contributed by atoms with Gasteiger partial charge in [0.1, 0.15) is 6.67 Å². The van der Waals surface area contributed by atoms with Gasteiger partial charge in [0.25, 0.3) is 0 Å². The highest BCUT2D eigenvalue weighted by molar-refractivity contribution is 4.93. The molecule has 0 radical (unpaired) electrons. The first-order valence-electron chi connectivity index (χ1n) is 4.17. The van der Waals surface area contributed by atoms with Crippen molar-refractivity contribution in [1.29, 1.82) is 0 Å². The number of rotatable bonds is 5. The lowest BCUT2D eigenvalue weighted by molar-refractivity contribution is -0.261. The van der Waals surface area contributed by atoms with Crippen LogP contribution in [0.25, 0.3) is 0 Å². The van der Waals surface area contributed by atoms with Crippen LogP contribution < -0.4 is 0 Å². The Morgan fingerprint density at radius 2 is 1.50 bits per heavy atom. The van der Waals surface area contributed by atoms with Crippen molar-refractivity contribution in [2.24, 2.45) is 5.92 Å². The normalized spacial score (nSPS) is 18.0. The molecule has 0 saturated heterocycles. The van der Waals surface area contributed by atoms with E-state index in [4.69, 9.17) is 0 Å². The second-order valence-electron chi connectivity index (χ2n) is 3.18. The zero-order valence-electron chi connectivity index (χ0n) is 7.84. The van der Waals surface area contributed by atoms with Crippen molar-refractivity contribution < 1.29 is 26.3 Å². The average Bonchev–Trinajstić information content (AvgIpc) is 2.14. The molecule has 0 saturated carbocycles. The fourth-order valence-corrected chi connectivity index (χ4v) is 0.891. The number of halogens is 6. The fraction of sp³-hybridized carbons (Fsp3) is 1.00. The first kappa shape index (κ1) is 13.6. The summed E-state index contributed by atoms with van der Waals surface area (Å²) < 4.78 is 75.0. The van der Waals surface area contributed by atoms with E-state index in [-0.39, 0.29) is 6.42 Å². The SMILES string of the molecule is CCC(C)C(F)(F)C(F)(F)C(F)CF. The van der Waals surface area contributed by atoms with Gasteiger partial charge >= 0.3 is 11.8 Å². The molecule has 0 rings (SSSR count). The minimum atomic E-state index is -4.95. The van der Waals surface area contributed by atoms with Crippen molar-refractivity contribution in [1.82, 2.24) is 0 Å². The summed E-state index contributed by atoms with van der Waals surface area (Å²) in [6, 6.07) is 0. The molecule has 0 spiro atoms. The van der Waals surface area contributed by atoms with Gasteiger partial charge in [0.05, 0.1) is 0 Å². The van der Waals surface area contributed by atoms with Crippen molar-refractivity contribution >= 4 is 0 Å². The monoisotopic (exact) mass is 222 g/mol. The molecule has 6 heteroatoms. The summed E-state index contributed by atoms with van der Waals surface area (Å²) in [5.74, 6) is -11.2. The van der Waals surface area contributed by atoms with Crippen LogP contribution in [0.4, 0.5) is 26.3 Å². The third-order valence-corrected chi connectivity index (χ3v) is 2.20. The Labute approximate surface area is 78.3 Å². The summed E-state index contributed by atoms with van der Waals surface area (Å²) in [5, 5.41) is 0. The van der Waals surface area contributed by atoms with E-state index >= 15 is 0 Å². The summed E-state index contributed by atoms with van der Waals surface area (Å²) >= 11 is 0. The van der Waals surface area contributed by atoms with Crippen LogP contribution in [0.2, 0.25) is 0 Å². The summed E-state index contributed by atoms with van der Waals surface area (Å²) in [4.78, 5) is 0. The zero-order chi connectivity index (χ0) is 11.6. The molecular formula is C8H12F6. The molecule has 0 N–H and O–H groups in total. The maximum atomic E-state index is 12.9. The molecule has 0 aromatic carbocycles. The molecule has 2 unspecified atom stereocenters. The Bertz CT molecular complexity index is 159. The van der Waals surface area contributed by atoms with E-state index in [9.17, 15) is 26.3 Å². The van der Waals surface area contributed by atoms with Gasteiger partial charge in [-0.25, -0.2) is 8.78 Å². The third-order valence-electron chi connectivity index (χ3n) is 2.20. The van der Waals surface area contributed by atoms with Gasteiger partial charge in [-0.3, -0.25) is 0 Å². The van der Waals surface area contributed by atoms with E-state index < -0.39 is 30.6 Å². The maximum absolute atomic E-state index is 12.9. The second kappa shape index (κ2) is 4.40. The fourth-order valence-electron chi connectivity index (χ4n) is 0.891. The predicted octanol–water partition coefficient (Wildman–Crippen LogP) is 3.61. The molecular weight excluding hydrogens is 210 g/mol. The molecule has 0 aliphatic rings. The standard InChI is InChI=1S/C8H12F6/c1-3-5(2)7(11,12)8(13,14)6(10)4-9/h5-6H,3-4H2,1-2H3. The summed E-state index contributed by atoms with van der Waals surface area (Å²) in [6.45, 7) is 0.0369. The zero-order valence-corrected chi connectivity index (χ0v) is 7.84. The van der Waals surface area contributed by atoms with Crippen LogP contribution in [0.3, 0.4) is 0 Å². The highest BCUT2D eigenvalue weighted by Gasteiger charge is 2.63. The van der Waals surface area contributed by atoms with Crippen LogP contribution in [0, 0.1) is 5.92 Å². The molecule has 0 fully saturated rings. The quantitative estimate of drug-likeness (QED) is 0.623. The third kappa shape index (κ3) is 2.15. The number of hydrogen-bond donors (Lipinski definition) is 0. The molecule has 0 aromatic heterocycles. The predicted molar refractivity (Wildman–Crippen MR) is 40.2 cm³/mol. The van der Waals surface area contributed by atoms with Crippen LogP contribution in [0.5, 0.6) is 0 Å². The van der Waals surface area contributed by atoms with E-state index in [1.165, 1.54) is 6.92 Å². The van der Waals surface area contributed by atoms with Gasteiger partial charge in [0.2, 0.25) is 0 Å². The molecule has 86 valence electrons. The van der Waals surface area contributed by atoms with E-state index in [0.717, 1.165) is 6.92 Å². The van der Waals surface area contributed by atoms with Gasteiger partial charge in [-0.2, -0.15) is 17.6 Å². The van der Waals surface area contributed by atoms with Crippen molar-refractivity contribution in [2.45, 2.75) is 38.3 Å². The van der Waals surface area contributed by atoms with Gasteiger partial charge in [0, 0.05) is 5.92 Å². The molecule has 0 aromatic rings. The summed E-state index contributed by atoms with van der Waals surface area (Å²) in [5.41, 5.74) is 0. The van der Waals surface area contributed by atoms with Gasteiger partial charge in [-0.05, 0) is 6.42 Å². The van der Waals surface area contributed by atoms with Gasteiger partial charge in [-0.1, -0.05) is 13.8 Å². The number of hydrogen-bond acceptors (Lipinski definition) is 0. The minimum Gasteiger partial charge on any atom is -0.248 e. The smallest absolute Gasteiger partial charge is 0.248 e. The van der Waals surface area contributed by atoms with Crippen LogP contribution in [0.1, 0.15) is 20.3 Å². The highest BCUT2D eigenvalue weighted by atomic mass is 19.3. The Balaban J connectivity index is 4.85. The lowest BCUT2D eigenvalue weighted by atomic mass is 9.93. The summed E-state index contributed by atoms with van der Waals surface area (Å²) in [6.07, 6.45) is -3.69. The van der Waals surface area contributed by atoms with Crippen LogP contribution in [0.15, 0.2) is 0 Å². The van der Waals surface area contributed by atoms with Crippen LogP contribution in [-0.4, -0.2) is 24.7 Å². The first-order chi connectivity index (χ1) is 6.21. The van der Waals surface area contributed by atoms with Crippen molar-refractivity contribution in [3.8, 4) is 0 Å². The Hall–Kier alpha value is -0.420. The van der Waals surface area contributed by atoms with Crippen molar-refractivity contribution in [3.05, 3.63) is 0 Å². The van der Waals surface area contributed by atoms with Gasteiger partial charge in [-0.15, -0.1) is 0 Å². The van der Waals surface area contributed by atoms with Crippen molar-refractivity contribution in [2.75, 3.05) is 6.67 Å². The Morgan fingerprint density at radius 3 is 1.79 bits per heavy atom. The van der Waals surface area contributed by atoms with E-state index in [0.29, 0.717) is 0 Å². The molecule has 0 heterocycles. The molecule has 0 amide bonds. The Kier molecular flexibility index (Phi) is 4.27. The number of alkyl halides is 6. The molecule has 14 heavy (non-hydrogen) atoms. The topological polar surface area (TPSA) is 0 Å². The molecule has 0 nitrogen and oxygen atoms in total. The second-order valence-corrected chi connectivity index (χ2v) is 3.18. The lowest BCUT2D eigenvalue weighted by Crippen LogP contribution is -2.52. The lowest BCUT2D eigenvalue weighted by Gasteiger charge is -2.31. The molecule has 0 bridgehead atoms. The Morgan fingerprint density at radius 1 is 1.07 bits per heavy atom. The van der Waals surface area contributed by atoms with Gasteiger partial charge < -0.3 is 0 Å². The molecule has 2 atom stereocenters. The van der Waals surface area contributed by atoms with Crippen LogP contribution >= 0.6 is 0 Å². The largest absolute Gasteiger partial charge is 0.343 e. The highest BCUT2D eigenvalue weighted by Crippen LogP contribution is 2.44. The van der Waals surface area contributed by atoms with E-state index in [1.807, 2.05) is 0 Å². The van der Waals surface area contributed by atoms with Crippen molar-refractivity contribution in [3.63, 3.8) is 0 Å². The first-order valence-corrected chi connectivity index (χ1v) is 4.17.